The van der Waals surface area contributed by atoms with Crippen LogP contribution in [0.2, 0.25) is 0 Å². The van der Waals surface area contributed by atoms with Crippen molar-refractivity contribution in [2.24, 2.45) is 11.1 Å². The van der Waals surface area contributed by atoms with Crippen molar-refractivity contribution < 1.29 is 19.0 Å². The van der Waals surface area contributed by atoms with E-state index in [1.54, 1.807) is 39.0 Å². The molecule has 0 amide bonds. The van der Waals surface area contributed by atoms with Crippen LogP contribution in [0.5, 0.6) is 17.2 Å². The van der Waals surface area contributed by atoms with Crippen LogP contribution in [0, 0.1) is 5.41 Å². The summed E-state index contributed by atoms with van der Waals surface area (Å²) >= 11 is 0. The first kappa shape index (κ1) is 22.2. The Labute approximate surface area is 181 Å². The molecule has 0 saturated heterocycles. The summed E-state index contributed by atoms with van der Waals surface area (Å²) < 4.78 is 16.4. The van der Waals surface area contributed by atoms with Gasteiger partial charge in [0.05, 0.1) is 19.1 Å². The molecule has 2 aromatic carbocycles. The minimum atomic E-state index is -0.624. The molecule has 2 N–H and O–H groups in total. The van der Waals surface area contributed by atoms with Gasteiger partial charge in [0.1, 0.15) is 12.4 Å². The zero-order chi connectivity index (χ0) is 22.4. The van der Waals surface area contributed by atoms with Crippen molar-refractivity contribution in [1.29, 1.82) is 0 Å². The molecule has 0 spiro atoms. The van der Waals surface area contributed by atoms with E-state index in [0.29, 0.717) is 42.6 Å². The SMILES string of the molecule is COc1cc(-c2nnn(Cc3cccc(OCCN)c3)n2)ccc1OC(=O)C(C)(C)C. The van der Waals surface area contributed by atoms with Gasteiger partial charge in [-0.3, -0.25) is 4.79 Å². The topological polar surface area (TPSA) is 114 Å². The van der Waals surface area contributed by atoms with Gasteiger partial charge in [-0.1, -0.05) is 12.1 Å². The summed E-state index contributed by atoms with van der Waals surface area (Å²) in [6.07, 6.45) is 0. The number of hydrogen-bond acceptors (Lipinski definition) is 8. The summed E-state index contributed by atoms with van der Waals surface area (Å²) in [5.41, 5.74) is 6.52. The van der Waals surface area contributed by atoms with Crippen LogP contribution in [0.1, 0.15) is 26.3 Å². The fourth-order valence-electron chi connectivity index (χ4n) is 2.64. The van der Waals surface area contributed by atoms with E-state index in [-0.39, 0.29) is 5.97 Å². The third-order valence-electron chi connectivity index (χ3n) is 4.30. The van der Waals surface area contributed by atoms with Crippen molar-refractivity contribution in [1.82, 2.24) is 20.2 Å². The van der Waals surface area contributed by atoms with E-state index in [9.17, 15) is 4.79 Å². The Morgan fingerprint density at radius 3 is 2.65 bits per heavy atom. The zero-order valence-electron chi connectivity index (χ0n) is 18.2. The molecule has 0 aliphatic heterocycles. The Balaban J connectivity index is 1.75. The highest BCUT2D eigenvalue weighted by Gasteiger charge is 2.25. The molecule has 0 unspecified atom stereocenters. The molecule has 0 bridgehead atoms. The molecule has 3 rings (SSSR count). The summed E-state index contributed by atoms with van der Waals surface area (Å²) in [7, 11) is 1.51. The smallest absolute Gasteiger partial charge is 0.316 e. The monoisotopic (exact) mass is 425 g/mol. The fourth-order valence-corrected chi connectivity index (χ4v) is 2.64. The second-order valence-corrected chi connectivity index (χ2v) is 7.93. The van der Waals surface area contributed by atoms with E-state index in [0.717, 1.165) is 11.3 Å². The summed E-state index contributed by atoms with van der Waals surface area (Å²) in [6.45, 7) is 6.72. The molecule has 164 valence electrons. The van der Waals surface area contributed by atoms with E-state index in [4.69, 9.17) is 19.9 Å². The number of tetrazole rings is 1. The van der Waals surface area contributed by atoms with Gasteiger partial charge in [-0.15, -0.1) is 10.2 Å². The first-order chi connectivity index (χ1) is 14.8. The third kappa shape index (κ3) is 5.79. The summed E-state index contributed by atoms with van der Waals surface area (Å²) in [6, 6.07) is 12.8. The number of ether oxygens (including phenoxy) is 3. The van der Waals surface area contributed by atoms with Gasteiger partial charge in [0.2, 0.25) is 5.82 Å². The fraction of sp³-hybridized carbons (Fsp3) is 0.364. The maximum atomic E-state index is 12.2. The van der Waals surface area contributed by atoms with Gasteiger partial charge < -0.3 is 19.9 Å². The average Bonchev–Trinajstić information content (AvgIpc) is 3.20. The van der Waals surface area contributed by atoms with Crippen LogP contribution in [0.25, 0.3) is 11.4 Å². The number of aromatic nitrogens is 4. The second kappa shape index (κ2) is 9.57. The minimum absolute atomic E-state index is 0.341. The van der Waals surface area contributed by atoms with Crippen LogP contribution >= 0.6 is 0 Å². The molecule has 0 aliphatic rings. The van der Waals surface area contributed by atoms with Crippen molar-refractivity contribution in [3.05, 3.63) is 48.0 Å². The highest BCUT2D eigenvalue weighted by atomic mass is 16.6. The Morgan fingerprint density at radius 1 is 1.13 bits per heavy atom. The molecule has 9 nitrogen and oxygen atoms in total. The van der Waals surface area contributed by atoms with Gasteiger partial charge in [-0.2, -0.15) is 4.80 Å². The normalized spacial score (nSPS) is 11.3. The lowest BCUT2D eigenvalue weighted by Gasteiger charge is -2.17. The van der Waals surface area contributed by atoms with Crippen molar-refractivity contribution in [3.8, 4) is 28.6 Å². The van der Waals surface area contributed by atoms with Gasteiger partial charge >= 0.3 is 5.97 Å². The minimum Gasteiger partial charge on any atom is -0.493 e. The lowest BCUT2D eigenvalue weighted by Crippen LogP contribution is -2.25. The van der Waals surface area contributed by atoms with Crippen LogP contribution < -0.4 is 19.9 Å². The van der Waals surface area contributed by atoms with Gasteiger partial charge in [-0.05, 0) is 61.9 Å². The molecule has 9 heteroatoms. The van der Waals surface area contributed by atoms with Crippen LogP contribution in [-0.4, -0.2) is 46.4 Å². The quantitative estimate of drug-likeness (QED) is 0.433. The van der Waals surface area contributed by atoms with Gasteiger partial charge in [-0.25, -0.2) is 0 Å². The summed E-state index contributed by atoms with van der Waals surface area (Å²) in [5, 5.41) is 12.7. The van der Waals surface area contributed by atoms with Crippen LogP contribution in [0.4, 0.5) is 0 Å². The predicted molar refractivity (Wildman–Crippen MR) is 115 cm³/mol. The number of carbonyl (C=O) groups is 1. The zero-order valence-corrected chi connectivity index (χ0v) is 18.2. The van der Waals surface area contributed by atoms with Crippen molar-refractivity contribution in [3.63, 3.8) is 0 Å². The Kier molecular flexibility index (Phi) is 6.86. The number of nitrogens with two attached hydrogens (primary N) is 1. The number of benzene rings is 2. The van der Waals surface area contributed by atoms with E-state index in [1.165, 1.54) is 11.9 Å². The number of methoxy groups -OCH3 is 1. The molecule has 0 radical (unpaired) electrons. The highest BCUT2D eigenvalue weighted by Crippen LogP contribution is 2.32. The first-order valence-corrected chi connectivity index (χ1v) is 9.90. The first-order valence-electron chi connectivity index (χ1n) is 9.90. The molecule has 0 aliphatic carbocycles. The molecule has 0 atom stereocenters. The number of rotatable bonds is 8. The van der Waals surface area contributed by atoms with Gasteiger partial charge in [0.25, 0.3) is 0 Å². The lowest BCUT2D eigenvalue weighted by molar-refractivity contribution is -0.143. The standard InChI is InChI=1S/C22H27N5O4/c1-22(2,3)21(28)31-18-9-8-16(13-19(18)29-4)20-24-26-27(25-20)14-15-6-5-7-17(12-15)30-11-10-23/h5-9,12-13H,10-11,14,23H2,1-4H3. The van der Waals surface area contributed by atoms with E-state index >= 15 is 0 Å². The largest absolute Gasteiger partial charge is 0.493 e. The number of carbonyl (C=O) groups excluding carboxylic acids is 1. The molecular weight excluding hydrogens is 398 g/mol. The molecular formula is C22H27N5O4. The highest BCUT2D eigenvalue weighted by molar-refractivity contribution is 5.79. The summed E-state index contributed by atoms with van der Waals surface area (Å²) in [4.78, 5) is 13.7. The molecule has 31 heavy (non-hydrogen) atoms. The van der Waals surface area contributed by atoms with E-state index in [2.05, 4.69) is 15.4 Å². The van der Waals surface area contributed by atoms with Crippen LogP contribution in [-0.2, 0) is 11.3 Å². The molecule has 1 aromatic heterocycles. The maximum Gasteiger partial charge on any atom is 0.316 e. The molecule has 0 fully saturated rings. The van der Waals surface area contributed by atoms with Crippen LogP contribution in [0.15, 0.2) is 42.5 Å². The predicted octanol–water partition coefficient (Wildman–Crippen LogP) is 2.69. The molecule has 3 aromatic rings. The average molecular weight is 425 g/mol. The molecule has 0 saturated carbocycles. The third-order valence-corrected chi connectivity index (χ3v) is 4.30. The summed E-state index contributed by atoms with van der Waals surface area (Å²) in [5.74, 6) is 1.58. The van der Waals surface area contributed by atoms with Crippen molar-refractivity contribution >= 4 is 5.97 Å². The van der Waals surface area contributed by atoms with Gasteiger partial charge in [0, 0.05) is 12.1 Å². The lowest BCUT2D eigenvalue weighted by atomic mass is 9.97. The second-order valence-electron chi connectivity index (χ2n) is 7.93. The van der Waals surface area contributed by atoms with E-state index in [1.807, 2.05) is 24.3 Å². The molecule has 1 heterocycles. The van der Waals surface area contributed by atoms with Crippen molar-refractivity contribution in [2.75, 3.05) is 20.3 Å². The van der Waals surface area contributed by atoms with Gasteiger partial charge in [0.15, 0.2) is 11.5 Å². The maximum absolute atomic E-state index is 12.2. The number of esters is 1. The van der Waals surface area contributed by atoms with Crippen molar-refractivity contribution in [2.45, 2.75) is 27.3 Å². The Bertz CT molecular complexity index is 1040. The number of nitrogens with zero attached hydrogens (tertiary/aromatic N) is 4. The van der Waals surface area contributed by atoms with E-state index < -0.39 is 5.41 Å². The Morgan fingerprint density at radius 2 is 1.94 bits per heavy atom. The number of hydrogen-bond donors (Lipinski definition) is 1. The Hall–Kier alpha value is -3.46. The van der Waals surface area contributed by atoms with Crippen LogP contribution in [0.3, 0.4) is 0 Å².